The average Bonchev–Trinajstić information content (AvgIpc) is 2.39. The monoisotopic (exact) mass is 235 g/mol. The van der Waals surface area contributed by atoms with Crippen molar-refractivity contribution in [3.63, 3.8) is 0 Å². The van der Waals surface area contributed by atoms with Crippen LogP contribution >= 0.6 is 0 Å². The molecule has 0 spiro atoms. The van der Waals surface area contributed by atoms with Crippen molar-refractivity contribution >= 4 is 5.97 Å². The van der Waals surface area contributed by atoms with E-state index < -0.39 is 12.0 Å². The van der Waals surface area contributed by atoms with Crippen LogP contribution in [0.5, 0.6) is 0 Å². The normalized spacial score (nSPS) is 23.2. The first-order valence-corrected chi connectivity index (χ1v) is 5.82. The second-order valence-electron chi connectivity index (χ2n) is 4.28. The van der Waals surface area contributed by atoms with Gasteiger partial charge in [0.15, 0.2) is 0 Å². The van der Waals surface area contributed by atoms with E-state index in [1.54, 1.807) is 6.92 Å². The van der Waals surface area contributed by atoms with E-state index in [1.807, 2.05) is 35.2 Å². The Kier molecular flexibility index (Phi) is 3.76. The van der Waals surface area contributed by atoms with Crippen LogP contribution < -0.4 is 0 Å². The van der Waals surface area contributed by atoms with Crippen molar-refractivity contribution < 1.29 is 14.6 Å². The maximum atomic E-state index is 11.0. The van der Waals surface area contributed by atoms with E-state index in [4.69, 9.17) is 9.84 Å². The maximum Gasteiger partial charge on any atom is 0.320 e. The molecule has 17 heavy (non-hydrogen) atoms. The number of carbonyl (C=O) groups is 1. The van der Waals surface area contributed by atoms with E-state index in [2.05, 4.69) is 0 Å². The molecule has 4 heteroatoms. The Hall–Kier alpha value is -1.39. The Bertz CT molecular complexity index is 380. The molecule has 1 aromatic carbocycles. The highest BCUT2D eigenvalue weighted by atomic mass is 16.5. The molecule has 0 radical (unpaired) electrons. The summed E-state index contributed by atoms with van der Waals surface area (Å²) in [6.45, 7) is 3.61. The lowest BCUT2D eigenvalue weighted by Crippen LogP contribution is -2.46. The van der Waals surface area contributed by atoms with Crippen molar-refractivity contribution in [1.29, 1.82) is 0 Å². The second-order valence-corrected chi connectivity index (χ2v) is 4.28. The fourth-order valence-electron chi connectivity index (χ4n) is 2.05. The molecule has 1 saturated heterocycles. The lowest BCUT2D eigenvalue weighted by molar-refractivity contribution is -0.145. The Labute approximate surface area is 101 Å². The molecule has 2 atom stereocenters. The molecule has 0 aromatic heterocycles. The van der Waals surface area contributed by atoms with Crippen molar-refractivity contribution in [2.75, 3.05) is 19.7 Å². The highest BCUT2D eigenvalue weighted by Gasteiger charge is 2.28. The zero-order valence-corrected chi connectivity index (χ0v) is 9.87. The summed E-state index contributed by atoms with van der Waals surface area (Å²) in [5.41, 5.74) is 1.11. The van der Waals surface area contributed by atoms with Gasteiger partial charge in [-0.05, 0) is 12.5 Å². The number of ether oxygens (including phenoxy) is 1. The standard InChI is InChI=1S/C13H17NO3/c1-10(13(15)16)14-7-8-17-12(9-14)11-5-3-2-4-6-11/h2-6,10,12H,7-9H2,1H3,(H,15,16)/t10-,12+/m0/s1. The number of morpholine rings is 1. The fraction of sp³-hybridized carbons (Fsp3) is 0.462. The van der Waals surface area contributed by atoms with Crippen LogP contribution in [0.15, 0.2) is 30.3 Å². The minimum absolute atomic E-state index is 0.0215. The number of hydrogen-bond donors (Lipinski definition) is 1. The van der Waals surface area contributed by atoms with Gasteiger partial charge in [0.2, 0.25) is 0 Å². The number of carboxylic acid groups (broad SMARTS) is 1. The summed E-state index contributed by atoms with van der Waals surface area (Å²) in [7, 11) is 0. The van der Waals surface area contributed by atoms with Gasteiger partial charge in [-0.1, -0.05) is 30.3 Å². The summed E-state index contributed by atoms with van der Waals surface area (Å²) < 4.78 is 5.69. The molecule has 1 heterocycles. The third-order valence-corrected chi connectivity index (χ3v) is 3.17. The van der Waals surface area contributed by atoms with Crippen molar-refractivity contribution in [2.24, 2.45) is 0 Å². The summed E-state index contributed by atoms with van der Waals surface area (Å²) in [5, 5.41) is 9.01. The van der Waals surface area contributed by atoms with Crippen LogP contribution in [-0.2, 0) is 9.53 Å². The molecular weight excluding hydrogens is 218 g/mol. The molecule has 1 fully saturated rings. The van der Waals surface area contributed by atoms with Crippen molar-refractivity contribution in [1.82, 2.24) is 4.90 Å². The Morgan fingerprint density at radius 1 is 1.47 bits per heavy atom. The Morgan fingerprint density at radius 3 is 2.82 bits per heavy atom. The first-order chi connectivity index (χ1) is 8.18. The third-order valence-electron chi connectivity index (χ3n) is 3.17. The first kappa shape index (κ1) is 12.1. The number of nitrogens with zero attached hydrogens (tertiary/aromatic N) is 1. The molecule has 1 N–H and O–H groups in total. The van der Waals surface area contributed by atoms with Gasteiger partial charge in [0.25, 0.3) is 0 Å². The number of benzene rings is 1. The Morgan fingerprint density at radius 2 is 2.18 bits per heavy atom. The van der Waals surface area contributed by atoms with Crippen LogP contribution in [-0.4, -0.2) is 41.7 Å². The molecule has 0 bridgehead atoms. The van der Waals surface area contributed by atoms with Crippen LogP contribution in [0.25, 0.3) is 0 Å². The third kappa shape index (κ3) is 2.84. The molecule has 1 aliphatic heterocycles. The van der Waals surface area contributed by atoms with E-state index in [9.17, 15) is 4.79 Å². The number of hydrogen-bond acceptors (Lipinski definition) is 3. The van der Waals surface area contributed by atoms with Crippen LogP contribution in [0.3, 0.4) is 0 Å². The molecule has 0 amide bonds. The average molecular weight is 235 g/mol. The second kappa shape index (κ2) is 5.29. The molecule has 1 aromatic rings. The molecule has 1 aliphatic rings. The van der Waals surface area contributed by atoms with Gasteiger partial charge in [-0.2, -0.15) is 0 Å². The number of aliphatic carboxylic acids is 1. The van der Waals surface area contributed by atoms with Gasteiger partial charge in [-0.3, -0.25) is 9.69 Å². The lowest BCUT2D eigenvalue weighted by atomic mass is 10.1. The summed E-state index contributed by atoms with van der Waals surface area (Å²) in [4.78, 5) is 12.9. The van der Waals surface area contributed by atoms with E-state index in [0.29, 0.717) is 19.7 Å². The van der Waals surface area contributed by atoms with E-state index in [1.165, 1.54) is 0 Å². The van der Waals surface area contributed by atoms with Gasteiger partial charge in [0.05, 0.1) is 12.7 Å². The number of carboxylic acids is 1. The van der Waals surface area contributed by atoms with Crippen LogP contribution in [0, 0.1) is 0 Å². The van der Waals surface area contributed by atoms with E-state index in [0.717, 1.165) is 5.56 Å². The molecule has 0 saturated carbocycles. The molecule has 92 valence electrons. The maximum absolute atomic E-state index is 11.0. The van der Waals surface area contributed by atoms with Gasteiger partial charge >= 0.3 is 5.97 Å². The zero-order chi connectivity index (χ0) is 12.3. The minimum Gasteiger partial charge on any atom is -0.480 e. The summed E-state index contributed by atoms with van der Waals surface area (Å²) >= 11 is 0. The predicted molar refractivity (Wildman–Crippen MR) is 63.8 cm³/mol. The van der Waals surface area contributed by atoms with E-state index >= 15 is 0 Å². The molecule has 0 aliphatic carbocycles. The van der Waals surface area contributed by atoms with Crippen molar-refractivity contribution in [2.45, 2.75) is 19.1 Å². The zero-order valence-electron chi connectivity index (χ0n) is 9.87. The topological polar surface area (TPSA) is 49.8 Å². The quantitative estimate of drug-likeness (QED) is 0.863. The number of rotatable bonds is 3. The molecular formula is C13H17NO3. The van der Waals surface area contributed by atoms with Crippen molar-refractivity contribution in [3.05, 3.63) is 35.9 Å². The van der Waals surface area contributed by atoms with Crippen LogP contribution in [0.4, 0.5) is 0 Å². The smallest absolute Gasteiger partial charge is 0.320 e. The van der Waals surface area contributed by atoms with Gasteiger partial charge < -0.3 is 9.84 Å². The van der Waals surface area contributed by atoms with Crippen LogP contribution in [0.2, 0.25) is 0 Å². The fourth-order valence-corrected chi connectivity index (χ4v) is 2.05. The summed E-state index contributed by atoms with van der Waals surface area (Å²) in [6, 6.07) is 9.48. The highest BCUT2D eigenvalue weighted by Crippen LogP contribution is 2.22. The molecule has 0 unspecified atom stereocenters. The Balaban J connectivity index is 2.05. The molecule has 4 nitrogen and oxygen atoms in total. The van der Waals surface area contributed by atoms with Gasteiger partial charge in [-0.25, -0.2) is 0 Å². The first-order valence-electron chi connectivity index (χ1n) is 5.82. The summed E-state index contributed by atoms with van der Waals surface area (Å²) in [5.74, 6) is -0.779. The largest absolute Gasteiger partial charge is 0.480 e. The predicted octanol–water partition coefficient (Wildman–Crippen LogP) is 1.53. The highest BCUT2D eigenvalue weighted by molar-refractivity contribution is 5.72. The SMILES string of the molecule is C[C@@H](C(=O)O)N1CCO[C@@H](c2ccccc2)C1. The van der Waals surface area contributed by atoms with Gasteiger partial charge in [0.1, 0.15) is 6.04 Å². The minimum atomic E-state index is -0.779. The van der Waals surface area contributed by atoms with Crippen LogP contribution in [0.1, 0.15) is 18.6 Å². The molecule has 2 rings (SSSR count). The van der Waals surface area contributed by atoms with Gasteiger partial charge in [0, 0.05) is 13.1 Å². The lowest BCUT2D eigenvalue weighted by Gasteiger charge is -2.35. The van der Waals surface area contributed by atoms with E-state index in [-0.39, 0.29) is 6.10 Å². The van der Waals surface area contributed by atoms with Crippen molar-refractivity contribution in [3.8, 4) is 0 Å². The van der Waals surface area contributed by atoms with Gasteiger partial charge in [-0.15, -0.1) is 0 Å². The summed E-state index contributed by atoms with van der Waals surface area (Å²) in [6.07, 6.45) is -0.0215.